The van der Waals surface area contributed by atoms with Crippen molar-refractivity contribution in [3.8, 4) is 0 Å². The van der Waals surface area contributed by atoms with E-state index in [1.54, 1.807) is 4.90 Å². The van der Waals surface area contributed by atoms with Crippen LogP contribution in [0.15, 0.2) is 30.3 Å². The Hall–Kier alpha value is -3.14. The standard InChI is InChI=1S/C31H48N4O6.C4H10.C2H6/c1-5-6-8-14-23-15-11-16-24(27(37)32-19-25(36)28(38)33-22-17-18-22)35(23)29(39)26(31(2,3)4)34-30(40)41-20-21-12-9-7-10-13-21;1-3-4-2;1-2/h7,9-10,12-13,22-26,36H,5-6,8,11,14-20H2,1-4H3,(H,32,37)(H,33,38)(H,34,40);3-4H2,1-2H3;1-2H3/t23-,24?,25?,26?;;/m0../s1. The van der Waals surface area contributed by atoms with Gasteiger partial charge in [-0.3, -0.25) is 14.4 Å². The van der Waals surface area contributed by atoms with E-state index in [1.165, 1.54) is 12.8 Å². The molecular weight excluding hydrogens is 596 g/mol. The van der Waals surface area contributed by atoms with Crippen LogP contribution in [0.2, 0.25) is 0 Å². The van der Waals surface area contributed by atoms with Crippen molar-refractivity contribution in [3.05, 3.63) is 35.9 Å². The van der Waals surface area contributed by atoms with Crippen molar-refractivity contribution >= 4 is 23.8 Å². The summed E-state index contributed by atoms with van der Waals surface area (Å²) in [6.07, 6.45) is 8.09. The van der Waals surface area contributed by atoms with Gasteiger partial charge < -0.3 is 30.7 Å². The fourth-order valence-electron chi connectivity index (χ4n) is 5.20. The predicted molar refractivity (Wildman–Crippen MR) is 188 cm³/mol. The highest BCUT2D eigenvalue weighted by Crippen LogP contribution is 2.31. The molecule has 1 aliphatic carbocycles. The second kappa shape index (κ2) is 22.4. The van der Waals surface area contributed by atoms with Gasteiger partial charge in [0.2, 0.25) is 11.8 Å². The van der Waals surface area contributed by atoms with Crippen LogP contribution >= 0.6 is 0 Å². The zero-order valence-corrected chi connectivity index (χ0v) is 30.4. The molecule has 2 aliphatic rings. The van der Waals surface area contributed by atoms with E-state index in [0.29, 0.717) is 6.42 Å². The number of hydrogen-bond donors (Lipinski definition) is 4. The zero-order valence-electron chi connectivity index (χ0n) is 30.4. The second-order valence-corrected chi connectivity index (χ2v) is 13.4. The first-order valence-corrected chi connectivity index (χ1v) is 18.0. The smallest absolute Gasteiger partial charge is 0.408 e. The van der Waals surface area contributed by atoms with Crippen LogP contribution < -0.4 is 16.0 Å². The lowest BCUT2D eigenvalue weighted by Crippen LogP contribution is -2.63. The fraction of sp³-hybridized carbons (Fsp3) is 0.730. The van der Waals surface area contributed by atoms with Crippen molar-refractivity contribution in [2.75, 3.05) is 6.54 Å². The minimum Gasteiger partial charge on any atom is -0.445 e. The fourth-order valence-corrected chi connectivity index (χ4v) is 5.20. The maximum Gasteiger partial charge on any atom is 0.408 e. The van der Waals surface area contributed by atoms with Gasteiger partial charge in [0, 0.05) is 12.1 Å². The number of nitrogens with one attached hydrogen (secondary N) is 3. The Morgan fingerprint density at radius 2 is 1.57 bits per heavy atom. The van der Waals surface area contributed by atoms with E-state index in [1.807, 2.05) is 65.0 Å². The number of carbonyl (C=O) groups excluding carboxylic acids is 4. The number of likely N-dealkylation sites (tertiary alicyclic amines) is 1. The van der Waals surface area contributed by atoms with Crippen LogP contribution in [0, 0.1) is 5.41 Å². The van der Waals surface area contributed by atoms with Crippen molar-refractivity contribution in [1.82, 2.24) is 20.9 Å². The lowest BCUT2D eigenvalue weighted by molar-refractivity contribution is -0.150. The Kier molecular flexibility index (Phi) is 20.0. The average molecular weight is 661 g/mol. The molecule has 1 aromatic rings. The van der Waals surface area contributed by atoms with E-state index in [0.717, 1.165) is 56.9 Å². The number of unbranched alkanes of at least 4 members (excludes halogenated alkanes) is 3. The van der Waals surface area contributed by atoms with E-state index in [4.69, 9.17) is 4.74 Å². The van der Waals surface area contributed by atoms with Crippen LogP contribution in [0.3, 0.4) is 0 Å². The van der Waals surface area contributed by atoms with Gasteiger partial charge in [0.15, 0.2) is 0 Å². The van der Waals surface area contributed by atoms with Crippen molar-refractivity contribution in [3.63, 3.8) is 0 Å². The monoisotopic (exact) mass is 660 g/mol. The van der Waals surface area contributed by atoms with Gasteiger partial charge >= 0.3 is 6.09 Å². The number of piperidine rings is 1. The minimum absolute atomic E-state index is 0.0722. The summed E-state index contributed by atoms with van der Waals surface area (Å²) in [5.41, 5.74) is 0.171. The third-order valence-corrected chi connectivity index (χ3v) is 8.23. The van der Waals surface area contributed by atoms with Crippen molar-refractivity contribution in [1.29, 1.82) is 0 Å². The first-order chi connectivity index (χ1) is 22.4. The number of aliphatic hydroxyl groups is 1. The molecule has 4 N–H and O–H groups in total. The SMILES string of the molecule is CC.CCCC.CCCCC[C@H]1CCCC(C(=O)NCC(O)C(=O)NC2CC2)N1C(=O)C(NC(=O)OCc1ccccc1)C(C)(C)C. The maximum absolute atomic E-state index is 14.2. The Labute approximate surface area is 284 Å². The molecule has 1 aromatic carbocycles. The molecule has 4 amide bonds. The predicted octanol–water partition coefficient (Wildman–Crippen LogP) is 6.25. The first-order valence-electron chi connectivity index (χ1n) is 18.0. The summed E-state index contributed by atoms with van der Waals surface area (Å²) in [6, 6.07) is 7.54. The molecule has 0 radical (unpaired) electrons. The van der Waals surface area contributed by atoms with Gasteiger partial charge in [0.1, 0.15) is 24.8 Å². The Bertz CT molecular complexity index is 1050. The minimum atomic E-state index is -1.36. The third kappa shape index (κ3) is 15.5. The van der Waals surface area contributed by atoms with Crippen LogP contribution in [0.25, 0.3) is 0 Å². The first kappa shape index (κ1) is 41.9. The van der Waals surface area contributed by atoms with E-state index in [-0.39, 0.29) is 31.1 Å². The number of carbonyl (C=O) groups is 4. The maximum atomic E-state index is 14.2. The molecule has 0 spiro atoms. The summed E-state index contributed by atoms with van der Waals surface area (Å²) in [5, 5.41) is 18.5. The van der Waals surface area contributed by atoms with Crippen molar-refractivity contribution in [2.24, 2.45) is 5.41 Å². The highest BCUT2D eigenvalue weighted by Gasteiger charge is 2.44. The molecule has 0 aromatic heterocycles. The lowest BCUT2D eigenvalue weighted by Gasteiger charge is -2.45. The largest absolute Gasteiger partial charge is 0.445 e. The summed E-state index contributed by atoms with van der Waals surface area (Å²) in [6.45, 7) is 15.9. The van der Waals surface area contributed by atoms with Gasteiger partial charge in [-0.1, -0.05) is 118 Å². The molecule has 10 heteroatoms. The van der Waals surface area contributed by atoms with E-state index in [2.05, 4.69) is 36.7 Å². The Morgan fingerprint density at radius 1 is 0.936 bits per heavy atom. The van der Waals surface area contributed by atoms with E-state index >= 15 is 0 Å². The molecule has 4 atom stereocenters. The summed E-state index contributed by atoms with van der Waals surface area (Å²) < 4.78 is 5.43. The molecule has 3 rings (SSSR count). The normalized spacial score (nSPS) is 18.6. The molecule has 268 valence electrons. The Balaban J connectivity index is 0.00000171. The van der Waals surface area contributed by atoms with E-state index < -0.39 is 41.5 Å². The molecule has 10 nitrogen and oxygen atoms in total. The number of benzene rings is 1. The molecule has 0 bridgehead atoms. The third-order valence-electron chi connectivity index (χ3n) is 8.23. The van der Waals surface area contributed by atoms with Crippen LogP contribution in [-0.2, 0) is 25.7 Å². The zero-order chi connectivity index (χ0) is 35.4. The van der Waals surface area contributed by atoms with Gasteiger partial charge in [-0.25, -0.2) is 4.79 Å². The molecule has 3 unspecified atom stereocenters. The van der Waals surface area contributed by atoms with Crippen LogP contribution in [0.5, 0.6) is 0 Å². The number of rotatable bonds is 14. The van der Waals surface area contributed by atoms with Crippen LogP contribution in [0.4, 0.5) is 4.79 Å². The summed E-state index contributed by atoms with van der Waals surface area (Å²) >= 11 is 0. The average Bonchev–Trinajstić information content (AvgIpc) is 3.89. The molecule has 1 saturated carbocycles. The number of hydrogen-bond acceptors (Lipinski definition) is 6. The molecule has 2 fully saturated rings. The second-order valence-electron chi connectivity index (χ2n) is 13.4. The number of amides is 4. The highest BCUT2D eigenvalue weighted by molar-refractivity contribution is 5.92. The quantitative estimate of drug-likeness (QED) is 0.174. The summed E-state index contributed by atoms with van der Waals surface area (Å²) in [5.74, 6) is -1.24. The van der Waals surface area contributed by atoms with Crippen molar-refractivity contribution < 1.29 is 29.0 Å². The lowest BCUT2D eigenvalue weighted by atomic mass is 9.83. The molecule has 1 saturated heterocycles. The van der Waals surface area contributed by atoms with Gasteiger partial charge in [0.05, 0.1) is 6.54 Å². The summed E-state index contributed by atoms with van der Waals surface area (Å²) in [4.78, 5) is 54.4. The van der Waals surface area contributed by atoms with Crippen LogP contribution in [0.1, 0.15) is 132 Å². The van der Waals surface area contributed by atoms with Gasteiger partial charge in [-0.15, -0.1) is 0 Å². The summed E-state index contributed by atoms with van der Waals surface area (Å²) in [7, 11) is 0. The topological polar surface area (TPSA) is 137 Å². The number of alkyl carbamates (subject to hydrolysis) is 1. The molecule has 47 heavy (non-hydrogen) atoms. The number of nitrogens with zero attached hydrogens (tertiary/aromatic N) is 1. The number of ether oxygens (including phenoxy) is 1. The molecule has 1 heterocycles. The molecule has 1 aliphatic heterocycles. The number of aliphatic hydroxyl groups excluding tert-OH is 1. The Morgan fingerprint density at radius 3 is 2.13 bits per heavy atom. The highest BCUT2D eigenvalue weighted by atomic mass is 16.5. The van der Waals surface area contributed by atoms with Gasteiger partial charge in [-0.2, -0.15) is 0 Å². The van der Waals surface area contributed by atoms with Gasteiger partial charge in [0.25, 0.3) is 5.91 Å². The van der Waals surface area contributed by atoms with Crippen molar-refractivity contribution in [2.45, 2.75) is 163 Å². The van der Waals surface area contributed by atoms with Crippen LogP contribution in [-0.4, -0.2) is 70.6 Å². The van der Waals surface area contributed by atoms with E-state index in [9.17, 15) is 24.3 Å². The molecular formula is C37H64N4O6. The van der Waals surface area contributed by atoms with Gasteiger partial charge in [-0.05, 0) is 49.5 Å².